The number of nitrogens with one attached hydrogen (secondary N) is 3. The van der Waals surface area contributed by atoms with Crippen LogP contribution in [0.4, 0.5) is 4.39 Å². The fourth-order valence-electron chi connectivity index (χ4n) is 2.71. The lowest BCUT2D eigenvalue weighted by Crippen LogP contribution is -2.37. The summed E-state index contributed by atoms with van der Waals surface area (Å²) >= 11 is 5.80. The van der Waals surface area contributed by atoms with Crippen LogP contribution in [-0.4, -0.2) is 24.5 Å². The Labute approximate surface area is 151 Å². The molecule has 6 heteroatoms. The number of H-pyrrole nitrogens is 1. The van der Waals surface area contributed by atoms with Crippen LogP contribution >= 0.6 is 11.6 Å². The second-order valence-corrected chi connectivity index (χ2v) is 6.12. The highest BCUT2D eigenvalue weighted by atomic mass is 35.5. The molecule has 25 heavy (non-hydrogen) atoms. The molecule has 0 saturated heterocycles. The SMILES string of the molecule is CN=C(NCCc1c[nH]c2ccccc12)NCc1ccc(F)c(Cl)c1. The molecule has 0 aliphatic rings. The van der Waals surface area contributed by atoms with E-state index in [-0.39, 0.29) is 5.02 Å². The standard InChI is InChI=1S/C19H20ClFN4/c1-22-19(25-11-13-6-7-17(21)16(20)10-13)23-9-8-14-12-24-18-5-3-2-4-15(14)18/h2-7,10,12,24H,8-9,11H2,1H3,(H2,22,23,25). The molecule has 0 spiro atoms. The molecule has 3 N–H and O–H groups in total. The van der Waals surface area contributed by atoms with Crippen molar-refractivity contribution in [3.8, 4) is 0 Å². The zero-order chi connectivity index (χ0) is 17.6. The van der Waals surface area contributed by atoms with E-state index < -0.39 is 5.82 Å². The molecular weight excluding hydrogens is 339 g/mol. The molecule has 4 nitrogen and oxygen atoms in total. The van der Waals surface area contributed by atoms with Crippen LogP contribution in [0.2, 0.25) is 5.02 Å². The lowest BCUT2D eigenvalue weighted by Gasteiger charge is -2.12. The molecule has 0 aliphatic carbocycles. The summed E-state index contributed by atoms with van der Waals surface area (Å²) in [4.78, 5) is 7.48. The Morgan fingerprint density at radius 2 is 2.04 bits per heavy atom. The fraction of sp³-hybridized carbons (Fsp3) is 0.211. The monoisotopic (exact) mass is 358 g/mol. The summed E-state index contributed by atoms with van der Waals surface area (Å²) < 4.78 is 13.2. The van der Waals surface area contributed by atoms with Gasteiger partial charge >= 0.3 is 0 Å². The zero-order valence-corrected chi connectivity index (χ0v) is 14.7. The third-order valence-electron chi connectivity index (χ3n) is 4.03. The van der Waals surface area contributed by atoms with E-state index in [1.165, 1.54) is 17.0 Å². The lowest BCUT2D eigenvalue weighted by molar-refractivity contribution is 0.627. The highest BCUT2D eigenvalue weighted by Gasteiger charge is 2.05. The van der Waals surface area contributed by atoms with Gasteiger partial charge in [-0.05, 0) is 35.7 Å². The van der Waals surface area contributed by atoms with Crippen LogP contribution in [0.15, 0.2) is 53.7 Å². The predicted molar refractivity (Wildman–Crippen MR) is 102 cm³/mol. The van der Waals surface area contributed by atoms with Gasteiger partial charge in [-0.3, -0.25) is 4.99 Å². The first-order valence-electron chi connectivity index (χ1n) is 8.11. The van der Waals surface area contributed by atoms with Gasteiger partial charge in [0.2, 0.25) is 0 Å². The number of rotatable bonds is 5. The van der Waals surface area contributed by atoms with Gasteiger partial charge in [0.15, 0.2) is 5.96 Å². The molecule has 0 atom stereocenters. The molecule has 0 bridgehead atoms. The second-order valence-electron chi connectivity index (χ2n) is 5.71. The number of aromatic amines is 1. The average Bonchev–Trinajstić information content (AvgIpc) is 3.04. The van der Waals surface area contributed by atoms with Crippen LogP contribution < -0.4 is 10.6 Å². The maximum absolute atomic E-state index is 13.2. The van der Waals surface area contributed by atoms with Crippen molar-refractivity contribution in [3.63, 3.8) is 0 Å². The first kappa shape index (κ1) is 17.3. The molecule has 0 unspecified atom stereocenters. The van der Waals surface area contributed by atoms with Gasteiger partial charge in [-0.15, -0.1) is 0 Å². The molecule has 1 heterocycles. The maximum atomic E-state index is 13.2. The number of hydrogen-bond donors (Lipinski definition) is 3. The fourth-order valence-corrected chi connectivity index (χ4v) is 2.91. The highest BCUT2D eigenvalue weighted by molar-refractivity contribution is 6.30. The normalized spacial score (nSPS) is 11.7. The summed E-state index contributed by atoms with van der Waals surface area (Å²) in [5, 5.41) is 7.86. The van der Waals surface area contributed by atoms with Crippen LogP contribution in [-0.2, 0) is 13.0 Å². The third kappa shape index (κ3) is 4.31. The predicted octanol–water partition coefficient (Wildman–Crippen LogP) is 3.87. The van der Waals surface area contributed by atoms with E-state index >= 15 is 0 Å². The number of halogens is 2. The first-order chi connectivity index (χ1) is 12.2. The number of nitrogens with zero attached hydrogens (tertiary/aromatic N) is 1. The summed E-state index contributed by atoms with van der Waals surface area (Å²) in [7, 11) is 1.72. The van der Waals surface area contributed by atoms with Gasteiger partial charge in [0.1, 0.15) is 5.82 Å². The summed E-state index contributed by atoms with van der Waals surface area (Å²) in [6.45, 7) is 1.28. The number of hydrogen-bond acceptors (Lipinski definition) is 1. The van der Waals surface area contributed by atoms with Crippen LogP contribution in [0.5, 0.6) is 0 Å². The third-order valence-corrected chi connectivity index (χ3v) is 4.32. The summed E-state index contributed by atoms with van der Waals surface area (Å²) in [5.74, 6) is 0.284. The lowest BCUT2D eigenvalue weighted by atomic mass is 10.1. The molecule has 0 radical (unpaired) electrons. The van der Waals surface area contributed by atoms with Gasteiger partial charge in [-0.2, -0.15) is 0 Å². The minimum atomic E-state index is -0.411. The smallest absolute Gasteiger partial charge is 0.191 e. The van der Waals surface area contributed by atoms with Gasteiger partial charge in [0.25, 0.3) is 0 Å². The Morgan fingerprint density at radius 3 is 2.84 bits per heavy atom. The number of para-hydroxylation sites is 1. The van der Waals surface area contributed by atoms with Crippen molar-refractivity contribution in [3.05, 3.63) is 70.6 Å². The van der Waals surface area contributed by atoms with E-state index in [2.05, 4.69) is 32.7 Å². The minimum Gasteiger partial charge on any atom is -0.361 e. The van der Waals surface area contributed by atoms with Gasteiger partial charge < -0.3 is 15.6 Å². The summed E-state index contributed by atoms with van der Waals surface area (Å²) in [5.41, 5.74) is 3.31. The molecule has 0 saturated carbocycles. The van der Waals surface area contributed by atoms with Crippen LogP contribution in [0.25, 0.3) is 10.9 Å². The Morgan fingerprint density at radius 1 is 1.20 bits per heavy atom. The van der Waals surface area contributed by atoms with Crippen molar-refractivity contribution in [2.45, 2.75) is 13.0 Å². The van der Waals surface area contributed by atoms with Gasteiger partial charge in [0, 0.05) is 37.2 Å². The van der Waals surface area contributed by atoms with E-state index in [9.17, 15) is 4.39 Å². The highest BCUT2D eigenvalue weighted by Crippen LogP contribution is 2.18. The number of benzene rings is 2. The molecule has 130 valence electrons. The van der Waals surface area contributed by atoms with Crippen molar-refractivity contribution < 1.29 is 4.39 Å². The Bertz CT molecular complexity index is 888. The number of aliphatic imine (C=N–C) groups is 1. The zero-order valence-electron chi connectivity index (χ0n) is 13.9. The average molecular weight is 359 g/mol. The molecule has 3 aromatic rings. The largest absolute Gasteiger partial charge is 0.361 e. The van der Waals surface area contributed by atoms with E-state index in [0.29, 0.717) is 12.5 Å². The number of aromatic nitrogens is 1. The van der Waals surface area contributed by atoms with Crippen molar-refractivity contribution in [1.29, 1.82) is 0 Å². The molecule has 0 amide bonds. The number of guanidine groups is 1. The second kappa shape index (κ2) is 8.03. The molecule has 0 fully saturated rings. The Balaban J connectivity index is 1.51. The van der Waals surface area contributed by atoms with Gasteiger partial charge in [-0.1, -0.05) is 35.9 Å². The molecule has 0 aliphatic heterocycles. The Kier molecular flexibility index (Phi) is 5.56. The van der Waals surface area contributed by atoms with E-state index in [0.717, 1.165) is 24.0 Å². The minimum absolute atomic E-state index is 0.126. The quantitative estimate of drug-likeness (QED) is 0.479. The number of fused-ring (bicyclic) bond motifs is 1. The maximum Gasteiger partial charge on any atom is 0.191 e. The van der Waals surface area contributed by atoms with E-state index in [1.807, 2.05) is 18.3 Å². The molecule has 2 aromatic carbocycles. The summed E-state index contributed by atoms with van der Waals surface area (Å²) in [6, 6.07) is 12.9. The molecule has 3 rings (SSSR count). The molecular formula is C19H20ClFN4. The van der Waals surface area contributed by atoms with Crippen LogP contribution in [0.3, 0.4) is 0 Å². The topological polar surface area (TPSA) is 52.2 Å². The first-order valence-corrected chi connectivity index (χ1v) is 8.48. The van der Waals surface area contributed by atoms with Crippen molar-refractivity contribution in [2.75, 3.05) is 13.6 Å². The van der Waals surface area contributed by atoms with Crippen molar-refractivity contribution in [2.24, 2.45) is 4.99 Å². The Hall–Kier alpha value is -2.53. The summed E-state index contributed by atoms with van der Waals surface area (Å²) in [6.07, 6.45) is 2.93. The van der Waals surface area contributed by atoms with Gasteiger partial charge in [-0.25, -0.2) is 4.39 Å². The van der Waals surface area contributed by atoms with Crippen molar-refractivity contribution >= 4 is 28.5 Å². The van der Waals surface area contributed by atoms with Crippen LogP contribution in [0.1, 0.15) is 11.1 Å². The van der Waals surface area contributed by atoms with Crippen molar-refractivity contribution in [1.82, 2.24) is 15.6 Å². The van der Waals surface area contributed by atoms with E-state index in [1.54, 1.807) is 19.2 Å². The van der Waals surface area contributed by atoms with Crippen LogP contribution in [0, 0.1) is 5.82 Å². The molecule has 1 aromatic heterocycles. The van der Waals surface area contributed by atoms with Gasteiger partial charge in [0.05, 0.1) is 5.02 Å². The van der Waals surface area contributed by atoms with E-state index in [4.69, 9.17) is 11.6 Å².